The minimum atomic E-state index is -2.75. The van der Waals surface area contributed by atoms with Crippen molar-refractivity contribution in [1.82, 2.24) is 5.32 Å². The van der Waals surface area contributed by atoms with Gasteiger partial charge in [0.25, 0.3) is 0 Å². The standard InChI is InChI=1S/C12H17NO2S/c14-16(15)9-7-12(10-16)13-8-6-11-4-2-1-3-5-11/h1-5,12-13H,6-10H2/t12-/m0/s1. The van der Waals surface area contributed by atoms with E-state index in [1.54, 1.807) is 0 Å². The van der Waals surface area contributed by atoms with E-state index in [-0.39, 0.29) is 6.04 Å². The summed E-state index contributed by atoms with van der Waals surface area (Å²) in [5.74, 6) is 0.651. The first-order valence-corrected chi connectivity index (χ1v) is 7.46. The summed E-state index contributed by atoms with van der Waals surface area (Å²) in [6.07, 6.45) is 1.72. The Kier molecular flexibility index (Phi) is 3.61. The number of benzene rings is 1. The van der Waals surface area contributed by atoms with Gasteiger partial charge >= 0.3 is 0 Å². The van der Waals surface area contributed by atoms with Crippen molar-refractivity contribution in [2.45, 2.75) is 18.9 Å². The topological polar surface area (TPSA) is 46.2 Å². The van der Waals surface area contributed by atoms with Gasteiger partial charge in [-0.2, -0.15) is 0 Å². The van der Waals surface area contributed by atoms with Gasteiger partial charge in [-0.05, 0) is 24.9 Å². The highest BCUT2D eigenvalue weighted by atomic mass is 32.2. The first-order chi connectivity index (χ1) is 7.66. The van der Waals surface area contributed by atoms with Gasteiger partial charge in [-0.15, -0.1) is 0 Å². The van der Waals surface area contributed by atoms with Gasteiger partial charge in [0, 0.05) is 6.04 Å². The van der Waals surface area contributed by atoms with E-state index in [2.05, 4.69) is 17.4 Å². The number of hydrogen-bond acceptors (Lipinski definition) is 3. The molecule has 4 heteroatoms. The molecule has 0 unspecified atom stereocenters. The number of rotatable bonds is 4. The average Bonchev–Trinajstić information content (AvgIpc) is 2.60. The molecule has 2 rings (SSSR count). The molecule has 0 radical (unpaired) electrons. The number of hydrogen-bond donors (Lipinski definition) is 1. The maximum absolute atomic E-state index is 11.2. The zero-order valence-corrected chi connectivity index (χ0v) is 10.0. The number of nitrogens with one attached hydrogen (secondary N) is 1. The molecular formula is C12H17NO2S. The van der Waals surface area contributed by atoms with Crippen LogP contribution in [0, 0.1) is 0 Å². The molecule has 0 aliphatic carbocycles. The Bertz CT molecular complexity index is 428. The molecular weight excluding hydrogens is 222 g/mol. The Hall–Kier alpha value is -0.870. The molecule has 1 heterocycles. The smallest absolute Gasteiger partial charge is 0.151 e. The van der Waals surface area contributed by atoms with Crippen LogP contribution in [0.3, 0.4) is 0 Å². The van der Waals surface area contributed by atoms with Crippen molar-refractivity contribution in [3.63, 3.8) is 0 Å². The van der Waals surface area contributed by atoms with Gasteiger partial charge in [0.1, 0.15) is 0 Å². The third-order valence-electron chi connectivity index (χ3n) is 2.92. The molecule has 1 saturated heterocycles. The van der Waals surface area contributed by atoms with Crippen molar-refractivity contribution in [3.05, 3.63) is 35.9 Å². The molecule has 1 aromatic carbocycles. The fourth-order valence-electron chi connectivity index (χ4n) is 2.02. The molecule has 16 heavy (non-hydrogen) atoms. The van der Waals surface area contributed by atoms with Gasteiger partial charge in [-0.1, -0.05) is 30.3 Å². The fourth-order valence-corrected chi connectivity index (χ4v) is 3.73. The van der Waals surface area contributed by atoms with Crippen molar-refractivity contribution in [2.24, 2.45) is 0 Å². The Morgan fingerprint density at radius 2 is 2.00 bits per heavy atom. The normalized spacial score (nSPS) is 23.4. The van der Waals surface area contributed by atoms with Gasteiger partial charge in [-0.3, -0.25) is 0 Å². The molecule has 0 spiro atoms. The summed E-state index contributed by atoms with van der Waals surface area (Å²) in [6, 6.07) is 10.4. The van der Waals surface area contributed by atoms with Crippen LogP contribution < -0.4 is 5.32 Å². The van der Waals surface area contributed by atoms with Crippen LogP contribution in [0.5, 0.6) is 0 Å². The Labute approximate surface area is 96.8 Å². The maximum Gasteiger partial charge on any atom is 0.151 e. The Balaban J connectivity index is 1.74. The highest BCUT2D eigenvalue weighted by molar-refractivity contribution is 7.91. The summed E-state index contributed by atoms with van der Waals surface area (Å²) in [5, 5.41) is 3.31. The lowest BCUT2D eigenvalue weighted by atomic mass is 10.1. The van der Waals surface area contributed by atoms with Crippen LogP contribution in [-0.4, -0.2) is 32.5 Å². The van der Waals surface area contributed by atoms with Crippen LogP contribution in [0.2, 0.25) is 0 Å². The minimum Gasteiger partial charge on any atom is -0.313 e. The first kappa shape index (κ1) is 11.6. The molecule has 1 aliphatic rings. The summed E-state index contributed by atoms with van der Waals surface area (Å²) < 4.78 is 22.5. The summed E-state index contributed by atoms with van der Waals surface area (Å²) in [7, 11) is -2.75. The lowest BCUT2D eigenvalue weighted by Gasteiger charge is -2.10. The van der Waals surface area contributed by atoms with Crippen LogP contribution in [0.1, 0.15) is 12.0 Å². The van der Waals surface area contributed by atoms with Crippen LogP contribution in [-0.2, 0) is 16.3 Å². The van der Waals surface area contributed by atoms with E-state index in [4.69, 9.17) is 0 Å². The van der Waals surface area contributed by atoms with Crippen LogP contribution in [0.25, 0.3) is 0 Å². The SMILES string of the molecule is O=S1(=O)CC[C@H](NCCc2ccccc2)C1. The van der Waals surface area contributed by atoms with Crippen molar-refractivity contribution in [1.29, 1.82) is 0 Å². The van der Waals surface area contributed by atoms with Gasteiger partial charge in [0.15, 0.2) is 9.84 Å². The van der Waals surface area contributed by atoms with Gasteiger partial charge in [0.2, 0.25) is 0 Å². The van der Waals surface area contributed by atoms with Gasteiger partial charge in [0.05, 0.1) is 11.5 Å². The van der Waals surface area contributed by atoms with Crippen molar-refractivity contribution in [3.8, 4) is 0 Å². The largest absolute Gasteiger partial charge is 0.313 e. The summed E-state index contributed by atoms with van der Waals surface area (Å²) in [6.45, 7) is 0.851. The van der Waals surface area contributed by atoms with Crippen molar-refractivity contribution >= 4 is 9.84 Å². The molecule has 0 aromatic heterocycles. The predicted molar refractivity (Wildman–Crippen MR) is 65.2 cm³/mol. The second kappa shape index (κ2) is 4.97. The number of sulfone groups is 1. The summed E-state index contributed by atoms with van der Waals surface area (Å²) in [5.41, 5.74) is 1.29. The van der Waals surface area contributed by atoms with E-state index in [9.17, 15) is 8.42 Å². The van der Waals surface area contributed by atoms with Crippen molar-refractivity contribution < 1.29 is 8.42 Å². The Morgan fingerprint density at radius 1 is 1.25 bits per heavy atom. The molecule has 3 nitrogen and oxygen atoms in total. The third kappa shape index (κ3) is 3.32. The van der Waals surface area contributed by atoms with E-state index >= 15 is 0 Å². The second-order valence-electron chi connectivity index (χ2n) is 4.29. The van der Waals surface area contributed by atoms with Crippen LogP contribution in [0.15, 0.2) is 30.3 Å². The first-order valence-electron chi connectivity index (χ1n) is 5.63. The van der Waals surface area contributed by atoms with E-state index in [1.165, 1.54) is 5.56 Å². The zero-order chi connectivity index (χ0) is 11.4. The Morgan fingerprint density at radius 3 is 2.62 bits per heavy atom. The predicted octanol–water partition coefficient (Wildman–Crippen LogP) is 1.01. The molecule has 0 saturated carbocycles. The molecule has 1 atom stereocenters. The highest BCUT2D eigenvalue weighted by Gasteiger charge is 2.26. The maximum atomic E-state index is 11.2. The van der Waals surface area contributed by atoms with E-state index in [0.717, 1.165) is 19.4 Å². The van der Waals surface area contributed by atoms with E-state index in [1.807, 2.05) is 18.2 Å². The van der Waals surface area contributed by atoms with Crippen LogP contribution in [0.4, 0.5) is 0 Å². The average molecular weight is 239 g/mol. The highest BCUT2D eigenvalue weighted by Crippen LogP contribution is 2.11. The zero-order valence-electron chi connectivity index (χ0n) is 9.22. The van der Waals surface area contributed by atoms with E-state index < -0.39 is 9.84 Å². The van der Waals surface area contributed by atoms with Crippen molar-refractivity contribution in [2.75, 3.05) is 18.1 Å². The second-order valence-corrected chi connectivity index (χ2v) is 6.52. The monoisotopic (exact) mass is 239 g/mol. The van der Waals surface area contributed by atoms with E-state index in [0.29, 0.717) is 11.5 Å². The summed E-state index contributed by atoms with van der Waals surface area (Å²) >= 11 is 0. The molecule has 1 fully saturated rings. The minimum absolute atomic E-state index is 0.161. The van der Waals surface area contributed by atoms with Gasteiger partial charge in [-0.25, -0.2) is 8.42 Å². The molecule has 1 aliphatic heterocycles. The van der Waals surface area contributed by atoms with Gasteiger partial charge < -0.3 is 5.32 Å². The fraction of sp³-hybridized carbons (Fsp3) is 0.500. The lowest BCUT2D eigenvalue weighted by Crippen LogP contribution is -2.31. The molecule has 1 aromatic rings. The van der Waals surface area contributed by atoms with Crippen LogP contribution >= 0.6 is 0 Å². The quantitative estimate of drug-likeness (QED) is 0.853. The summed E-state index contributed by atoms with van der Waals surface area (Å²) in [4.78, 5) is 0. The molecule has 88 valence electrons. The lowest BCUT2D eigenvalue weighted by molar-refractivity contribution is 0.557. The molecule has 0 bridgehead atoms. The molecule has 1 N–H and O–H groups in total. The molecule has 0 amide bonds. The third-order valence-corrected chi connectivity index (χ3v) is 4.69.